The molecule has 0 radical (unpaired) electrons. The van der Waals surface area contributed by atoms with Crippen LogP contribution in [0.2, 0.25) is 0 Å². The summed E-state index contributed by atoms with van der Waals surface area (Å²) in [6.45, 7) is 3.43. The zero-order chi connectivity index (χ0) is 70.4. The van der Waals surface area contributed by atoms with Gasteiger partial charge in [0, 0.05) is 19.3 Å². The van der Waals surface area contributed by atoms with Gasteiger partial charge >= 0.3 is 25.7 Å². The van der Waals surface area contributed by atoms with Crippen LogP contribution in [0, 0.1) is 0 Å². The van der Waals surface area contributed by atoms with E-state index in [4.69, 9.17) is 42.2 Å². The highest BCUT2D eigenvalue weighted by Crippen LogP contribution is 2.49. The van der Waals surface area contributed by atoms with Crippen molar-refractivity contribution in [1.29, 1.82) is 0 Å². The number of allylic oxidation sites excluding steroid dienone is 2. The number of ether oxygens (including phenoxy) is 7. The second-order valence-corrected chi connectivity index (χ2v) is 28.4. The molecule has 18 unspecified atom stereocenters. The first kappa shape index (κ1) is 87.9. The molecule has 11 N–H and O–H groups in total. The van der Waals surface area contributed by atoms with Gasteiger partial charge in [0.1, 0.15) is 98.7 Å². The van der Waals surface area contributed by atoms with Crippen LogP contribution < -0.4 is 0 Å². The van der Waals surface area contributed by atoms with E-state index >= 15 is 0 Å². The first-order valence-electron chi connectivity index (χ1n) is 37.5. The van der Waals surface area contributed by atoms with Crippen molar-refractivity contribution in [2.45, 2.75) is 395 Å². The predicted molar refractivity (Wildman–Crippen MR) is 361 cm³/mol. The zero-order valence-electron chi connectivity index (χ0n) is 58.7. The third kappa shape index (κ3) is 36.5. The Morgan fingerprint density at radius 2 is 0.729 bits per heavy atom. The third-order valence-corrected chi connectivity index (χ3v) is 19.5. The lowest BCUT2D eigenvalue weighted by molar-refractivity contribution is -0.360. The molecule has 2 saturated heterocycles. The van der Waals surface area contributed by atoms with E-state index in [0.717, 1.165) is 89.9 Å². The van der Waals surface area contributed by atoms with Gasteiger partial charge in [-0.2, -0.15) is 0 Å². The molecule has 0 amide bonds. The molecule has 25 heteroatoms. The van der Waals surface area contributed by atoms with Gasteiger partial charge in [0.2, 0.25) is 0 Å². The fourth-order valence-corrected chi connectivity index (χ4v) is 13.4. The van der Waals surface area contributed by atoms with Gasteiger partial charge in [0.25, 0.3) is 0 Å². The zero-order valence-corrected chi connectivity index (χ0v) is 59.6. The van der Waals surface area contributed by atoms with E-state index in [1.165, 1.54) is 135 Å². The highest BCUT2D eigenvalue weighted by molar-refractivity contribution is 7.47. The van der Waals surface area contributed by atoms with E-state index < -0.39 is 156 Å². The summed E-state index contributed by atoms with van der Waals surface area (Å²) >= 11 is 0. The molecule has 18 atom stereocenters. The molecule has 3 aliphatic rings. The molecule has 0 aromatic rings. The number of aliphatic hydroxyl groups is 10. The lowest BCUT2D eigenvalue weighted by Gasteiger charge is -2.49. The SMILES string of the molecule is CCCCCCCCC/C=C\CCCCCC(=O)OC(COC(=O)CCCCCCCCCCCCCCCC)COP(=O)(O)OC1C(OC2OC(CO)C(O)C(O)C2O)C(O)C(O)C(O)C1OC1OC(COC(=O)CCCCCCCCCCCCCCC)C(O)C(O)C1O. The molecule has 1 saturated carbocycles. The van der Waals surface area contributed by atoms with Gasteiger partial charge < -0.3 is 89.1 Å². The summed E-state index contributed by atoms with van der Waals surface area (Å²) in [5.41, 5.74) is 0. The lowest BCUT2D eigenvalue weighted by atomic mass is 9.84. The molecule has 96 heavy (non-hydrogen) atoms. The quantitative estimate of drug-likeness (QED) is 0.00886. The largest absolute Gasteiger partial charge is 0.472 e. The Labute approximate surface area is 573 Å². The third-order valence-electron chi connectivity index (χ3n) is 18.5. The van der Waals surface area contributed by atoms with Gasteiger partial charge in [-0.3, -0.25) is 23.4 Å². The number of phosphoric ester groups is 1. The molecular weight excluding hydrogens is 1270 g/mol. The van der Waals surface area contributed by atoms with Gasteiger partial charge in [0.15, 0.2) is 18.7 Å². The van der Waals surface area contributed by atoms with Crippen LogP contribution in [0.15, 0.2) is 12.2 Å². The van der Waals surface area contributed by atoms with Crippen molar-refractivity contribution in [1.82, 2.24) is 0 Å². The second-order valence-electron chi connectivity index (χ2n) is 27.0. The number of carbonyl (C=O) groups is 3. The van der Waals surface area contributed by atoms with Crippen molar-refractivity contribution in [2.24, 2.45) is 0 Å². The normalized spacial score (nSPS) is 28.0. The molecule has 0 aromatic heterocycles. The summed E-state index contributed by atoms with van der Waals surface area (Å²) in [7, 11) is -5.70. The molecule has 564 valence electrons. The molecular formula is C71H131O24P. The van der Waals surface area contributed by atoms with Crippen molar-refractivity contribution in [2.75, 3.05) is 26.4 Å². The minimum Gasteiger partial charge on any atom is -0.463 e. The van der Waals surface area contributed by atoms with Crippen LogP contribution in [0.1, 0.15) is 290 Å². The number of esters is 3. The summed E-state index contributed by atoms with van der Waals surface area (Å²) in [5, 5.41) is 110. The van der Waals surface area contributed by atoms with Gasteiger partial charge in [0.05, 0.1) is 13.2 Å². The molecule has 24 nitrogen and oxygen atoms in total. The Balaban J connectivity index is 1.74. The van der Waals surface area contributed by atoms with E-state index in [1.807, 2.05) is 0 Å². The summed E-state index contributed by atoms with van der Waals surface area (Å²) in [4.78, 5) is 50.9. The maximum atomic E-state index is 14.3. The van der Waals surface area contributed by atoms with Crippen LogP contribution >= 0.6 is 7.82 Å². The summed E-state index contributed by atoms with van der Waals surface area (Å²) in [6, 6.07) is 0. The fourth-order valence-electron chi connectivity index (χ4n) is 12.4. The summed E-state index contributed by atoms with van der Waals surface area (Å²) in [6.07, 6.45) is 11.4. The molecule has 3 rings (SSSR count). The number of phosphoric acid groups is 1. The summed E-state index contributed by atoms with van der Waals surface area (Å²) < 4.78 is 65.0. The van der Waals surface area contributed by atoms with Crippen LogP contribution in [0.4, 0.5) is 0 Å². The molecule has 3 fully saturated rings. The standard InChI is InChI=1S/C71H131O24P/c1-4-7-10-13-16-19-22-25-28-31-33-36-39-42-45-55(73)87-49-52(90-57(75)47-44-41-38-35-32-29-26-23-20-17-14-11-8-5-2)50-89-96(85,86)95-69-67(93-70-65(83)60(78)58(76)53(48-72)91-70)63(81)62(80)64(82)68(69)94-71-66(84)61(79)59(77)54(92-71)51-88-56(74)46-43-40-37-34-30-27-24-21-18-15-12-9-6-3/h29,32,52-54,58-72,76-84H,4-28,30-31,33-51H2,1-3H3,(H,85,86)/b32-29-. The second kappa shape index (κ2) is 53.5. The van der Waals surface area contributed by atoms with Crippen LogP contribution in [-0.2, 0) is 61.2 Å². The van der Waals surface area contributed by atoms with E-state index in [-0.39, 0.29) is 19.3 Å². The van der Waals surface area contributed by atoms with Gasteiger partial charge in [-0.1, -0.05) is 238 Å². The van der Waals surface area contributed by atoms with Crippen molar-refractivity contribution >= 4 is 25.7 Å². The average molecular weight is 1400 g/mol. The molecule has 0 bridgehead atoms. The minimum atomic E-state index is -5.70. The maximum absolute atomic E-state index is 14.3. The van der Waals surface area contributed by atoms with Crippen molar-refractivity contribution < 1.29 is 117 Å². The molecule has 1 aliphatic carbocycles. The minimum absolute atomic E-state index is 0.0317. The highest BCUT2D eigenvalue weighted by atomic mass is 31.2. The Morgan fingerprint density at radius 3 is 1.14 bits per heavy atom. The maximum Gasteiger partial charge on any atom is 0.472 e. The molecule has 0 spiro atoms. The molecule has 0 aromatic carbocycles. The van der Waals surface area contributed by atoms with Crippen LogP contribution in [0.3, 0.4) is 0 Å². The van der Waals surface area contributed by atoms with E-state index in [2.05, 4.69) is 32.9 Å². The van der Waals surface area contributed by atoms with E-state index in [9.17, 15) is 74.9 Å². The number of hydrogen-bond acceptors (Lipinski definition) is 23. The Hall–Kier alpha value is -2.30. The van der Waals surface area contributed by atoms with E-state index in [0.29, 0.717) is 25.7 Å². The number of hydrogen-bond donors (Lipinski definition) is 11. The highest BCUT2D eigenvalue weighted by Gasteiger charge is 2.58. The number of unbranched alkanes of at least 4 members (excludes halogenated alkanes) is 35. The van der Waals surface area contributed by atoms with Crippen molar-refractivity contribution in [3.63, 3.8) is 0 Å². The number of rotatable bonds is 58. The number of carbonyl (C=O) groups excluding carboxylic acids is 3. The van der Waals surface area contributed by atoms with Gasteiger partial charge in [-0.15, -0.1) is 0 Å². The Kier molecular flexibility index (Phi) is 49.0. The van der Waals surface area contributed by atoms with Crippen molar-refractivity contribution in [3.8, 4) is 0 Å². The Bertz CT molecular complexity index is 2040. The first-order valence-corrected chi connectivity index (χ1v) is 39.0. The van der Waals surface area contributed by atoms with Gasteiger partial charge in [-0.25, -0.2) is 4.57 Å². The monoisotopic (exact) mass is 1400 g/mol. The van der Waals surface area contributed by atoms with Crippen LogP contribution in [-0.4, -0.2) is 204 Å². The first-order chi connectivity index (χ1) is 46.3. The summed E-state index contributed by atoms with van der Waals surface area (Å²) in [5.74, 6) is -2.00. The predicted octanol–water partition coefficient (Wildman–Crippen LogP) is 9.96. The van der Waals surface area contributed by atoms with Gasteiger partial charge in [-0.05, 0) is 44.9 Å². The van der Waals surface area contributed by atoms with Crippen LogP contribution in [0.25, 0.3) is 0 Å². The molecule has 2 aliphatic heterocycles. The smallest absolute Gasteiger partial charge is 0.463 e. The average Bonchev–Trinajstić information content (AvgIpc) is 0.764. The van der Waals surface area contributed by atoms with Crippen LogP contribution in [0.5, 0.6) is 0 Å². The fraction of sp³-hybridized carbons (Fsp3) is 0.930. The topological polar surface area (TPSA) is 374 Å². The van der Waals surface area contributed by atoms with Crippen molar-refractivity contribution in [3.05, 3.63) is 12.2 Å². The molecule has 2 heterocycles. The lowest BCUT2D eigenvalue weighted by Crippen LogP contribution is -2.69. The van der Waals surface area contributed by atoms with E-state index in [1.54, 1.807) is 0 Å². The Morgan fingerprint density at radius 1 is 0.396 bits per heavy atom. The number of aliphatic hydroxyl groups excluding tert-OH is 10.